The van der Waals surface area contributed by atoms with E-state index in [0.717, 1.165) is 16.1 Å². The van der Waals surface area contributed by atoms with Gasteiger partial charge in [0.1, 0.15) is 17.4 Å². The largest absolute Gasteiger partial charge is 0.497 e. The number of nitrogens with one attached hydrogen (secondary N) is 1. The normalized spacial score (nSPS) is 12.2. The number of nitrogens with two attached hydrogens (primary N) is 1. The van der Waals surface area contributed by atoms with E-state index in [1.165, 1.54) is 12.1 Å². The maximum atomic E-state index is 13.3. The number of hydrogen-bond donors (Lipinski definition) is 2. The summed E-state index contributed by atoms with van der Waals surface area (Å²) in [5.74, 6) is 5.06. The fourth-order valence-electron chi connectivity index (χ4n) is 2.14. The number of methoxy groups -OCH3 is 1. The van der Waals surface area contributed by atoms with Crippen LogP contribution in [0.5, 0.6) is 5.75 Å². The Balaban J connectivity index is 2.31. The predicted octanol–water partition coefficient (Wildman–Crippen LogP) is 3.48. The molecule has 2 aromatic rings. The molecule has 21 heavy (non-hydrogen) atoms. The van der Waals surface area contributed by atoms with Crippen molar-refractivity contribution >= 4 is 15.9 Å². The Kier molecular flexibility index (Phi) is 5.27. The minimum Gasteiger partial charge on any atom is -0.497 e. The Labute approximate surface area is 130 Å². The molecule has 112 valence electrons. The van der Waals surface area contributed by atoms with Crippen LogP contribution in [-0.4, -0.2) is 7.11 Å². The van der Waals surface area contributed by atoms with Gasteiger partial charge in [0.05, 0.1) is 13.2 Å². The highest BCUT2D eigenvalue weighted by Crippen LogP contribution is 2.29. The smallest absolute Gasteiger partial charge is 0.126 e. The highest BCUT2D eigenvalue weighted by atomic mass is 79.9. The highest BCUT2D eigenvalue weighted by Gasteiger charge is 2.16. The summed E-state index contributed by atoms with van der Waals surface area (Å²) >= 11 is 3.44. The summed E-state index contributed by atoms with van der Waals surface area (Å²) in [7, 11) is 1.57. The fourth-order valence-corrected chi connectivity index (χ4v) is 2.66. The van der Waals surface area contributed by atoms with Crippen LogP contribution in [0.4, 0.5) is 8.78 Å². The topological polar surface area (TPSA) is 47.3 Å². The van der Waals surface area contributed by atoms with Crippen LogP contribution in [0.3, 0.4) is 0 Å². The van der Waals surface area contributed by atoms with Crippen LogP contribution in [-0.2, 0) is 6.42 Å². The molecule has 2 aromatic carbocycles. The Morgan fingerprint density at radius 1 is 1.19 bits per heavy atom. The zero-order valence-electron chi connectivity index (χ0n) is 11.4. The summed E-state index contributed by atoms with van der Waals surface area (Å²) < 4.78 is 32.5. The monoisotopic (exact) mass is 356 g/mol. The van der Waals surface area contributed by atoms with Crippen LogP contribution in [0.15, 0.2) is 40.9 Å². The van der Waals surface area contributed by atoms with Crippen molar-refractivity contribution in [2.75, 3.05) is 7.11 Å². The van der Waals surface area contributed by atoms with Gasteiger partial charge in [-0.05, 0) is 47.9 Å². The third-order valence-corrected chi connectivity index (χ3v) is 3.86. The molecule has 0 bridgehead atoms. The van der Waals surface area contributed by atoms with Crippen LogP contribution < -0.4 is 16.0 Å². The molecular formula is C15H15BrF2N2O. The van der Waals surface area contributed by atoms with Crippen molar-refractivity contribution in [1.82, 2.24) is 5.43 Å². The molecule has 2 rings (SSSR count). The second-order valence-corrected chi connectivity index (χ2v) is 5.44. The van der Waals surface area contributed by atoms with Crippen molar-refractivity contribution in [2.45, 2.75) is 12.5 Å². The second-order valence-electron chi connectivity index (χ2n) is 4.59. The van der Waals surface area contributed by atoms with E-state index in [9.17, 15) is 8.78 Å². The van der Waals surface area contributed by atoms with Gasteiger partial charge in [0.2, 0.25) is 0 Å². The number of hydrogen-bond acceptors (Lipinski definition) is 3. The van der Waals surface area contributed by atoms with E-state index >= 15 is 0 Å². The molecule has 6 heteroatoms. The van der Waals surface area contributed by atoms with Crippen LogP contribution in [0.25, 0.3) is 0 Å². The lowest BCUT2D eigenvalue weighted by Crippen LogP contribution is -2.30. The van der Waals surface area contributed by atoms with E-state index in [1.54, 1.807) is 7.11 Å². The lowest BCUT2D eigenvalue weighted by atomic mass is 9.99. The summed E-state index contributed by atoms with van der Waals surface area (Å²) in [6, 6.07) is 8.59. The Hall–Kier alpha value is -1.50. The molecule has 0 radical (unpaired) electrons. The molecule has 3 N–H and O–H groups in total. The van der Waals surface area contributed by atoms with Gasteiger partial charge < -0.3 is 4.74 Å². The van der Waals surface area contributed by atoms with Gasteiger partial charge in [-0.3, -0.25) is 11.3 Å². The van der Waals surface area contributed by atoms with Crippen molar-refractivity contribution in [3.63, 3.8) is 0 Å². The zero-order valence-corrected chi connectivity index (χ0v) is 13.0. The third kappa shape index (κ3) is 4.00. The standard InChI is InChI=1S/C15H15BrF2N2O/c1-21-12-2-3-14(16)13(8-12)15(20-19)6-9-4-10(17)7-11(18)5-9/h2-5,7-8,15,20H,6,19H2,1H3. The molecule has 0 saturated heterocycles. The van der Waals surface area contributed by atoms with Gasteiger partial charge in [-0.1, -0.05) is 15.9 Å². The fraction of sp³-hybridized carbons (Fsp3) is 0.200. The molecular weight excluding hydrogens is 342 g/mol. The SMILES string of the molecule is COc1ccc(Br)c(C(Cc2cc(F)cc(F)c2)NN)c1. The average Bonchev–Trinajstić information content (AvgIpc) is 2.44. The first kappa shape index (κ1) is 15.9. The summed E-state index contributed by atoms with van der Waals surface area (Å²) in [5, 5.41) is 0. The third-order valence-electron chi connectivity index (χ3n) is 3.14. The molecule has 0 aliphatic rings. The highest BCUT2D eigenvalue weighted by molar-refractivity contribution is 9.10. The molecule has 0 aliphatic carbocycles. The molecule has 0 fully saturated rings. The summed E-state index contributed by atoms with van der Waals surface area (Å²) in [6.45, 7) is 0. The van der Waals surface area contributed by atoms with E-state index in [-0.39, 0.29) is 6.04 Å². The van der Waals surface area contributed by atoms with E-state index in [2.05, 4.69) is 21.4 Å². The first-order valence-electron chi connectivity index (χ1n) is 6.28. The van der Waals surface area contributed by atoms with E-state index in [4.69, 9.17) is 10.6 Å². The molecule has 0 spiro atoms. The minimum atomic E-state index is -0.606. The molecule has 3 nitrogen and oxygen atoms in total. The first-order valence-corrected chi connectivity index (χ1v) is 7.07. The summed E-state index contributed by atoms with van der Waals surface area (Å²) in [5.41, 5.74) is 4.03. The van der Waals surface area contributed by atoms with Crippen molar-refractivity contribution in [1.29, 1.82) is 0 Å². The minimum absolute atomic E-state index is 0.310. The lowest BCUT2D eigenvalue weighted by Gasteiger charge is -2.19. The van der Waals surface area contributed by atoms with E-state index < -0.39 is 11.6 Å². The van der Waals surface area contributed by atoms with E-state index in [1.807, 2.05) is 18.2 Å². The van der Waals surface area contributed by atoms with Gasteiger partial charge in [0.15, 0.2) is 0 Å². The van der Waals surface area contributed by atoms with Crippen molar-refractivity contribution in [2.24, 2.45) is 5.84 Å². The second kappa shape index (κ2) is 6.98. The Bertz CT molecular complexity index is 617. The molecule has 1 atom stereocenters. The van der Waals surface area contributed by atoms with Crippen molar-refractivity contribution in [3.05, 3.63) is 63.6 Å². The van der Waals surface area contributed by atoms with Crippen LogP contribution in [0.1, 0.15) is 17.2 Å². The molecule has 0 aliphatic heterocycles. The van der Waals surface area contributed by atoms with Crippen molar-refractivity contribution < 1.29 is 13.5 Å². The van der Waals surface area contributed by atoms with Gasteiger partial charge in [0, 0.05) is 10.5 Å². The average molecular weight is 357 g/mol. The van der Waals surface area contributed by atoms with Crippen LogP contribution in [0, 0.1) is 11.6 Å². The zero-order chi connectivity index (χ0) is 15.4. The molecule has 0 amide bonds. The predicted molar refractivity (Wildman–Crippen MR) is 80.8 cm³/mol. The molecule has 1 unspecified atom stereocenters. The number of rotatable bonds is 5. The van der Waals surface area contributed by atoms with Crippen LogP contribution >= 0.6 is 15.9 Å². The summed E-state index contributed by atoms with van der Waals surface area (Å²) in [6.07, 6.45) is 0.344. The number of ether oxygens (including phenoxy) is 1. The Morgan fingerprint density at radius 3 is 2.43 bits per heavy atom. The molecule has 0 aromatic heterocycles. The Morgan fingerprint density at radius 2 is 1.86 bits per heavy atom. The van der Waals surface area contributed by atoms with E-state index in [0.29, 0.717) is 17.7 Å². The maximum absolute atomic E-state index is 13.3. The summed E-state index contributed by atoms with van der Waals surface area (Å²) in [4.78, 5) is 0. The first-order chi connectivity index (χ1) is 10.0. The maximum Gasteiger partial charge on any atom is 0.126 e. The number of halogens is 3. The van der Waals surface area contributed by atoms with Gasteiger partial charge >= 0.3 is 0 Å². The van der Waals surface area contributed by atoms with Gasteiger partial charge in [-0.2, -0.15) is 0 Å². The van der Waals surface area contributed by atoms with Gasteiger partial charge in [-0.25, -0.2) is 8.78 Å². The van der Waals surface area contributed by atoms with Crippen LogP contribution in [0.2, 0.25) is 0 Å². The lowest BCUT2D eigenvalue weighted by molar-refractivity contribution is 0.412. The molecule has 0 heterocycles. The number of hydrazine groups is 1. The van der Waals surface area contributed by atoms with Crippen molar-refractivity contribution in [3.8, 4) is 5.75 Å². The number of benzene rings is 2. The molecule has 0 saturated carbocycles. The van der Waals surface area contributed by atoms with Gasteiger partial charge in [-0.15, -0.1) is 0 Å². The quantitative estimate of drug-likeness (QED) is 0.636. The van der Waals surface area contributed by atoms with Gasteiger partial charge in [0.25, 0.3) is 0 Å².